The fraction of sp³-hybridized carbons (Fsp3) is 0.200. The quantitative estimate of drug-likeness (QED) is 0.411. The maximum absolute atomic E-state index is 9.68. The number of aromatic amines is 1. The van der Waals surface area contributed by atoms with Gasteiger partial charge in [0.15, 0.2) is 16.9 Å². The number of hydrogen-bond donors (Lipinski definition) is 3. The van der Waals surface area contributed by atoms with Crippen LogP contribution in [-0.2, 0) is 12.3 Å². The number of aromatic nitrogens is 4. The maximum Gasteiger partial charge on any atom is 0.193 e. The summed E-state index contributed by atoms with van der Waals surface area (Å²) >= 11 is 1.59. The first-order valence-electron chi connectivity index (χ1n) is 8.84. The van der Waals surface area contributed by atoms with Gasteiger partial charge in [-0.2, -0.15) is 0 Å². The third-order valence-electron chi connectivity index (χ3n) is 4.48. The Balaban J connectivity index is 1.40. The van der Waals surface area contributed by atoms with E-state index in [4.69, 9.17) is 4.74 Å². The van der Waals surface area contributed by atoms with E-state index in [2.05, 4.69) is 15.0 Å². The van der Waals surface area contributed by atoms with Crippen LogP contribution in [0.3, 0.4) is 0 Å². The molecule has 0 spiro atoms. The van der Waals surface area contributed by atoms with Crippen LogP contribution in [-0.4, -0.2) is 36.3 Å². The lowest BCUT2D eigenvalue weighted by Gasteiger charge is -2.13. The minimum absolute atomic E-state index is 0.00970. The Labute approximate surface area is 166 Å². The van der Waals surface area contributed by atoms with Crippen LogP contribution in [0.1, 0.15) is 11.3 Å². The number of nitrogens with one attached hydrogen (secondary N) is 1. The number of pyridine rings is 1. The Kier molecular flexibility index (Phi) is 5.12. The van der Waals surface area contributed by atoms with Gasteiger partial charge in [0, 0.05) is 29.6 Å². The molecule has 3 heterocycles. The van der Waals surface area contributed by atoms with Crippen molar-refractivity contribution in [3.8, 4) is 17.5 Å². The van der Waals surface area contributed by atoms with Crippen molar-refractivity contribution in [1.29, 1.82) is 0 Å². The lowest BCUT2D eigenvalue weighted by atomic mass is 10.2. The Morgan fingerprint density at radius 3 is 2.68 bits per heavy atom. The van der Waals surface area contributed by atoms with Gasteiger partial charge in [-0.25, -0.2) is 4.98 Å². The van der Waals surface area contributed by atoms with Crippen molar-refractivity contribution in [3.05, 3.63) is 59.9 Å². The second-order valence-electron chi connectivity index (χ2n) is 6.28. The fourth-order valence-corrected chi connectivity index (χ4v) is 3.83. The number of nitrogens with zero attached hydrogens (tertiary/aromatic N) is 3. The van der Waals surface area contributed by atoms with E-state index in [0.29, 0.717) is 18.9 Å². The van der Waals surface area contributed by atoms with Gasteiger partial charge in [0.2, 0.25) is 0 Å². The molecule has 3 N–H and O–H groups in total. The number of benzene rings is 1. The molecular formula is C20H20N4O3S. The van der Waals surface area contributed by atoms with Crippen molar-refractivity contribution in [2.45, 2.75) is 24.4 Å². The first-order chi connectivity index (χ1) is 13.6. The summed E-state index contributed by atoms with van der Waals surface area (Å²) in [5.74, 6) is 1.43. The van der Waals surface area contributed by atoms with E-state index < -0.39 is 0 Å². The summed E-state index contributed by atoms with van der Waals surface area (Å²) in [4.78, 5) is 12.3. The normalized spacial score (nSPS) is 11.2. The predicted molar refractivity (Wildman–Crippen MR) is 108 cm³/mol. The summed E-state index contributed by atoms with van der Waals surface area (Å²) in [6.45, 7) is 2.63. The molecule has 0 saturated carbocycles. The molecule has 0 amide bonds. The van der Waals surface area contributed by atoms with Crippen molar-refractivity contribution in [2.75, 3.05) is 6.61 Å². The molecule has 28 heavy (non-hydrogen) atoms. The van der Waals surface area contributed by atoms with Gasteiger partial charge in [0.05, 0.1) is 23.3 Å². The number of aromatic hydroxyl groups is 2. The van der Waals surface area contributed by atoms with Gasteiger partial charge in [-0.1, -0.05) is 23.9 Å². The van der Waals surface area contributed by atoms with Crippen LogP contribution in [0.25, 0.3) is 11.0 Å². The highest BCUT2D eigenvalue weighted by Crippen LogP contribution is 2.27. The lowest BCUT2D eigenvalue weighted by Crippen LogP contribution is -2.09. The van der Waals surface area contributed by atoms with Gasteiger partial charge >= 0.3 is 0 Å². The van der Waals surface area contributed by atoms with Crippen LogP contribution in [0.15, 0.2) is 53.8 Å². The van der Waals surface area contributed by atoms with E-state index in [1.165, 1.54) is 16.7 Å². The molecule has 0 bridgehead atoms. The molecule has 0 saturated heterocycles. The first kappa shape index (κ1) is 18.2. The van der Waals surface area contributed by atoms with Crippen LogP contribution in [0.2, 0.25) is 0 Å². The van der Waals surface area contributed by atoms with E-state index in [9.17, 15) is 10.2 Å². The highest BCUT2D eigenvalue weighted by molar-refractivity contribution is 7.98. The first-order valence-corrected chi connectivity index (χ1v) is 9.82. The van der Waals surface area contributed by atoms with Crippen molar-refractivity contribution in [2.24, 2.45) is 0 Å². The zero-order valence-corrected chi connectivity index (χ0v) is 16.1. The smallest absolute Gasteiger partial charge is 0.193 e. The van der Waals surface area contributed by atoms with Crippen molar-refractivity contribution in [1.82, 2.24) is 19.5 Å². The molecule has 0 atom stereocenters. The van der Waals surface area contributed by atoms with Crippen molar-refractivity contribution in [3.63, 3.8) is 0 Å². The third-order valence-corrected chi connectivity index (χ3v) is 5.36. The minimum Gasteiger partial charge on any atom is -0.494 e. The second kappa shape index (κ2) is 7.85. The van der Waals surface area contributed by atoms with Gasteiger partial charge < -0.3 is 19.9 Å². The SMILES string of the molecule is Cc1c(OCCn2c(O)ccc2O)ccnc1CSc1nc2ccccc2[nH]1. The van der Waals surface area contributed by atoms with Crippen LogP contribution in [0.4, 0.5) is 0 Å². The standard InChI is InChI=1S/C20H20N4O3S/c1-13-16(12-28-20-22-14-4-2-3-5-15(14)23-20)21-9-8-17(13)27-11-10-24-18(25)6-7-19(24)26/h2-9,25-26H,10-12H2,1H3,(H,22,23). The average molecular weight is 396 g/mol. The molecule has 144 valence electrons. The number of para-hydroxylation sites is 2. The van der Waals surface area contributed by atoms with E-state index in [-0.39, 0.29) is 11.8 Å². The molecule has 8 heteroatoms. The van der Waals surface area contributed by atoms with Crippen LogP contribution in [0, 0.1) is 6.92 Å². The monoisotopic (exact) mass is 396 g/mol. The van der Waals surface area contributed by atoms with E-state index in [1.54, 1.807) is 18.0 Å². The number of ether oxygens (including phenoxy) is 1. The number of rotatable bonds is 7. The Morgan fingerprint density at radius 2 is 1.89 bits per heavy atom. The van der Waals surface area contributed by atoms with Crippen LogP contribution < -0.4 is 4.74 Å². The van der Waals surface area contributed by atoms with E-state index >= 15 is 0 Å². The van der Waals surface area contributed by atoms with Crippen LogP contribution in [0.5, 0.6) is 17.5 Å². The molecule has 0 fully saturated rings. The number of thioether (sulfide) groups is 1. The predicted octanol–water partition coefficient (Wildman–Crippen LogP) is 3.85. The third kappa shape index (κ3) is 3.77. The van der Waals surface area contributed by atoms with Gasteiger partial charge in [-0.3, -0.25) is 9.55 Å². The molecule has 1 aromatic carbocycles. The Hall–Kier alpha value is -3.13. The summed E-state index contributed by atoms with van der Waals surface area (Å²) in [6, 6.07) is 12.6. The number of fused-ring (bicyclic) bond motifs is 1. The molecule has 4 rings (SSSR count). The summed E-state index contributed by atoms with van der Waals surface area (Å²) < 4.78 is 7.23. The molecule has 4 aromatic rings. The fourth-order valence-electron chi connectivity index (χ4n) is 2.92. The average Bonchev–Trinajstić information content (AvgIpc) is 3.25. The lowest BCUT2D eigenvalue weighted by molar-refractivity contribution is 0.273. The second-order valence-corrected chi connectivity index (χ2v) is 7.24. The molecule has 0 aliphatic rings. The summed E-state index contributed by atoms with van der Waals surface area (Å²) in [5.41, 5.74) is 3.85. The zero-order chi connectivity index (χ0) is 19.5. The molecule has 3 aromatic heterocycles. The molecule has 0 aliphatic carbocycles. The summed E-state index contributed by atoms with van der Waals surface area (Å²) in [6.07, 6.45) is 1.72. The summed E-state index contributed by atoms with van der Waals surface area (Å²) in [7, 11) is 0. The van der Waals surface area contributed by atoms with Crippen molar-refractivity contribution >= 4 is 22.8 Å². The number of hydrogen-bond acceptors (Lipinski definition) is 6. The van der Waals surface area contributed by atoms with Gasteiger partial charge in [0.25, 0.3) is 0 Å². The minimum atomic E-state index is 0.00970. The molecule has 0 unspecified atom stereocenters. The molecule has 0 aliphatic heterocycles. The Bertz CT molecular complexity index is 1050. The van der Waals surface area contributed by atoms with Crippen molar-refractivity contribution < 1.29 is 14.9 Å². The molecule has 0 radical (unpaired) electrons. The molecular weight excluding hydrogens is 376 g/mol. The van der Waals surface area contributed by atoms with Crippen LogP contribution >= 0.6 is 11.8 Å². The maximum atomic E-state index is 9.68. The molecule has 7 nitrogen and oxygen atoms in total. The largest absolute Gasteiger partial charge is 0.494 e. The number of imidazole rings is 1. The van der Waals surface area contributed by atoms with E-state index in [0.717, 1.165) is 33.2 Å². The zero-order valence-electron chi connectivity index (χ0n) is 15.3. The highest BCUT2D eigenvalue weighted by Gasteiger charge is 2.10. The Morgan fingerprint density at radius 1 is 1.11 bits per heavy atom. The van der Waals surface area contributed by atoms with Gasteiger partial charge in [-0.15, -0.1) is 0 Å². The van der Waals surface area contributed by atoms with Gasteiger partial charge in [0.1, 0.15) is 12.4 Å². The highest BCUT2D eigenvalue weighted by atomic mass is 32.2. The number of H-pyrrole nitrogens is 1. The van der Waals surface area contributed by atoms with E-state index in [1.807, 2.05) is 37.3 Å². The van der Waals surface area contributed by atoms with Gasteiger partial charge in [-0.05, 0) is 25.1 Å². The summed E-state index contributed by atoms with van der Waals surface area (Å²) in [5, 5.41) is 20.2. The topological polar surface area (TPSA) is 96.2 Å².